The summed E-state index contributed by atoms with van der Waals surface area (Å²) < 4.78 is 5.07. The summed E-state index contributed by atoms with van der Waals surface area (Å²) in [4.78, 5) is 41.7. The molecule has 8 nitrogen and oxygen atoms in total. The van der Waals surface area contributed by atoms with E-state index >= 15 is 0 Å². The molecule has 172 valence electrons. The maximum absolute atomic E-state index is 13.6. The van der Waals surface area contributed by atoms with Gasteiger partial charge in [0.15, 0.2) is 0 Å². The molecule has 0 unspecified atom stereocenters. The quantitative estimate of drug-likeness (QED) is 0.440. The molecule has 33 heavy (non-hydrogen) atoms. The number of para-hydroxylation sites is 1. The van der Waals surface area contributed by atoms with Crippen molar-refractivity contribution in [2.45, 2.75) is 24.1 Å². The number of aliphatic hydroxyl groups excluding tert-OH is 1. The minimum atomic E-state index is -1.44. The molecule has 2 saturated heterocycles. The van der Waals surface area contributed by atoms with Gasteiger partial charge < -0.3 is 15.2 Å². The maximum Gasteiger partial charge on any atom is 0.250 e. The number of rotatable bonds is 6. The number of aliphatic hydroxyl groups is 1. The fourth-order valence-corrected chi connectivity index (χ4v) is 5.60. The number of hydrogen-bond acceptors (Lipinski definition) is 6. The third-order valence-electron chi connectivity index (χ3n) is 6.93. The third kappa shape index (κ3) is 3.20. The molecule has 2 aromatic rings. The number of methoxy groups -OCH3 is 1. The molecular formula is C24H24ClN3O5. The first-order valence-electron chi connectivity index (χ1n) is 10.9. The van der Waals surface area contributed by atoms with E-state index in [9.17, 15) is 19.5 Å². The Hall–Kier alpha value is -2.78. The number of fused-ring (bicyclic) bond motifs is 4. The van der Waals surface area contributed by atoms with Gasteiger partial charge in [-0.2, -0.15) is 0 Å². The highest BCUT2D eigenvalue weighted by atomic mass is 35.5. The van der Waals surface area contributed by atoms with Crippen molar-refractivity contribution in [3.05, 3.63) is 64.7 Å². The summed E-state index contributed by atoms with van der Waals surface area (Å²) in [6.45, 7) is 0.595. The largest absolute Gasteiger partial charge is 0.387 e. The second kappa shape index (κ2) is 8.22. The van der Waals surface area contributed by atoms with E-state index in [4.69, 9.17) is 16.3 Å². The number of benzene rings is 2. The van der Waals surface area contributed by atoms with Crippen molar-refractivity contribution in [3.63, 3.8) is 0 Å². The molecule has 3 aliphatic rings. The van der Waals surface area contributed by atoms with E-state index in [0.717, 1.165) is 0 Å². The number of likely N-dealkylation sites (tertiary alicyclic amines) is 1. The molecule has 3 amide bonds. The van der Waals surface area contributed by atoms with Crippen LogP contribution in [-0.2, 0) is 24.7 Å². The predicted molar refractivity (Wildman–Crippen MR) is 120 cm³/mol. The summed E-state index contributed by atoms with van der Waals surface area (Å²) in [5.74, 6) is -3.07. The molecule has 1 spiro atoms. The highest BCUT2D eigenvalue weighted by Crippen LogP contribution is 2.54. The van der Waals surface area contributed by atoms with Crippen molar-refractivity contribution in [2.75, 3.05) is 25.6 Å². The van der Waals surface area contributed by atoms with Gasteiger partial charge in [-0.25, -0.2) is 0 Å². The third-order valence-corrected chi connectivity index (χ3v) is 7.18. The van der Waals surface area contributed by atoms with Crippen LogP contribution in [0.5, 0.6) is 0 Å². The van der Waals surface area contributed by atoms with E-state index in [1.54, 1.807) is 55.6 Å². The lowest BCUT2D eigenvalue weighted by Crippen LogP contribution is -2.54. The average Bonchev–Trinajstić information content (AvgIpc) is 3.40. The van der Waals surface area contributed by atoms with Gasteiger partial charge in [0.2, 0.25) is 17.7 Å². The predicted octanol–water partition coefficient (Wildman–Crippen LogP) is 1.83. The van der Waals surface area contributed by atoms with E-state index < -0.39 is 41.3 Å². The number of carbonyl (C=O) groups is 3. The van der Waals surface area contributed by atoms with Crippen LogP contribution in [0.4, 0.5) is 5.69 Å². The average molecular weight is 470 g/mol. The maximum atomic E-state index is 13.6. The zero-order chi connectivity index (χ0) is 23.3. The first-order chi connectivity index (χ1) is 15.9. The molecular weight excluding hydrogens is 446 g/mol. The molecule has 0 bridgehead atoms. The van der Waals surface area contributed by atoms with Crippen LogP contribution in [0.1, 0.15) is 23.7 Å². The summed E-state index contributed by atoms with van der Waals surface area (Å²) in [5.41, 5.74) is 0.295. The Morgan fingerprint density at radius 1 is 1.12 bits per heavy atom. The number of ether oxygens (including phenoxy) is 1. The van der Waals surface area contributed by atoms with Crippen LogP contribution >= 0.6 is 11.6 Å². The Labute approximate surface area is 195 Å². The number of hydrogen-bond donors (Lipinski definition) is 3. The van der Waals surface area contributed by atoms with Crippen LogP contribution in [0.15, 0.2) is 48.5 Å². The molecule has 0 saturated carbocycles. The molecule has 9 heteroatoms. The standard InChI is InChI=1S/C24H24ClN3O5/c1-33-12-4-11-28-21(30)17-18(22(28)31)24(15-5-2-3-6-16(15)26-23(24)32)27-19(17)20(29)13-7-9-14(25)10-8-13/h2-3,5-10,17-20,27,29H,4,11-12H2,1H3,(H,26,32)/t17-,18+,19+,20+,24-/m0/s1. The van der Waals surface area contributed by atoms with Gasteiger partial charge in [-0.1, -0.05) is 41.9 Å². The van der Waals surface area contributed by atoms with E-state index in [2.05, 4.69) is 10.6 Å². The van der Waals surface area contributed by atoms with Crippen LogP contribution < -0.4 is 10.6 Å². The summed E-state index contributed by atoms with van der Waals surface area (Å²) in [7, 11) is 1.56. The molecule has 3 aliphatic heterocycles. The molecule has 0 radical (unpaired) electrons. The van der Waals surface area contributed by atoms with Gasteiger partial charge in [-0.05, 0) is 30.2 Å². The van der Waals surface area contributed by atoms with Crippen molar-refractivity contribution < 1.29 is 24.2 Å². The summed E-state index contributed by atoms with van der Waals surface area (Å²) in [6, 6.07) is 12.9. The van der Waals surface area contributed by atoms with Gasteiger partial charge in [-0.15, -0.1) is 0 Å². The number of nitrogens with one attached hydrogen (secondary N) is 2. The Morgan fingerprint density at radius 2 is 1.85 bits per heavy atom. The van der Waals surface area contributed by atoms with E-state index in [0.29, 0.717) is 34.9 Å². The SMILES string of the molecule is COCCCN1C(=O)[C@@H]2[C@H]([C@H](O)c3ccc(Cl)cc3)N[C@]3(C(=O)Nc4ccccc43)[C@H]2C1=O. The zero-order valence-corrected chi connectivity index (χ0v) is 18.7. The van der Waals surface area contributed by atoms with Gasteiger partial charge in [0.1, 0.15) is 5.54 Å². The second-order valence-electron chi connectivity index (χ2n) is 8.65. The fourth-order valence-electron chi connectivity index (χ4n) is 5.47. The topological polar surface area (TPSA) is 108 Å². The molecule has 0 aliphatic carbocycles. The van der Waals surface area contributed by atoms with Crippen LogP contribution in [-0.4, -0.2) is 54.0 Å². The van der Waals surface area contributed by atoms with Crippen LogP contribution in [0.2, 0.25) is 5.02 Å². The number of carbonyl (C=O) groups excluding carboxylic acids is 3. The number of halogens is 1. The van der Waals surface area contributed by atoms with Crippen molar-refractivity contribution >= 4 is 35.0 Å². The van der Waals surface area contributed by atoms with Crippen LogP contribution in [0.25, 0.3) is 0 Å². The van der Waals surface area contributed by atoms with Gasteiger partial charge >= 0.3 is 0 Å². The number of amides is 3. The Balaban J connectivity index is 1.60. The van der Waals surface area contributed by atoms with E-state index in [1.807, 2.05) is 0 Å². The van der Waals surface area contributed by atoms with Crippen LogP contribution in [0, 0.1) is 11.8 Å². The summed E-state index contributed by atoms with van der Waals surface area (Å²) >= 11 is 5.99. The Kier molecular flexibility index (Phi) is 5.49. The molecule has 0 aromatic heterocycles. The minimum Gasteiger partial charge on any atom is -0.387 e. The van der Waals surface area contributed by atoms with Crippen molar-refractivity contribution in [2.24, 2.45) is 11.8 Å². The highest BCUT2D eigenvalue weighted by Gasteiger charge is 2.71. The lowest BCUT2D eigenvalue weighted by atomic mass is 9.76. The molecule has 5 rings (SSSR count). The smallest absolute Gasteiger partial charge is 0.250 e. The molecule has 5 atom stereocenters. The normalized spacial score (nSPS) is 28.9. The molecule has 3 heterocycles. The van der Waals surface area contributed by atoms with Gasteiger partial charge in [-0.3, -0.25) is 24.6 Å². The van der Waals surface area contributed by atoms with Crippen molar-refractivity contribution in [3.8, 4) is 0 Å². The summed E-state index contributed by atoms with van der Waals surface area (Å²) in [5, 5.41) is 17.9. The number of anilines is 1. The number of imide groups is 1. The van der Waals surface area contributed by atoms with Gasteiger partial charge in [0.05, 0.1) is 24.0 Å². The first-order valence-corrected chi connectivity index (χ1v) is 11.2. The lowest BCUT2D eigenvalue weighted by Gasteiger charge is -2.30. The van der Waals surface area contributed by atoms with Crippen molar-refractivity contribution in [1.82, 2.24) is 10.2 Å². The Bertz CT molecular complexity index is 1120. The fraction of sp³-hybridized carbons (Fsp3) is 0.375. The van der Waals surface area contributed by atoms with Crippen molar-refractivity contribution in [1.29, 1.82) is 0 Å². The van der Waals surface area contributed by atoms with Crippen LogP contribution in [0.3, 0.4) is 0 Å². The second-order valence-corrected chi connectivity index (χ2v) is 9.09. The molecule has 3 N–H and O–H groups in total. The van der Waals surface area contributed by atoms with E-state index in [-0.39, 0.29) is 12.5 Å². The number of nitrogens with zero attached hydrogens (tertiary/aromatic N) is 1. The first kappa shape index (κ1) is 22.0. The Morgan fingerprint density at radius 3 is 2.58 bits per heavy atom. The zero-order valence-electron chi connectivity index (χ0n) is 18.0. The minimum absolute atomic E-state index is 0.196. The van der Waals surface area contributed by atoms with E-state index in [1.165, 1.54) is 4.90 Å². The lowest BCUT2D eigenvalue weighted by molar-refractivity contribution is -0.143. The molecule has 2 fully saturated rings. The monoisotopic (exact) mass is 469 g/mol. The highest BCUT2D eigenvalue weighted by molar-refractivity contribution is 6.30. The molecule has 2 aromatic carbocycles. The summed E-state index contributed by atoms with van der Waals surface area (Å²) in [6.07, 6.45) is -0.647. The van der Waals surface area contributed by atoms with Gasteiger partial charge in [0, 0.05) is 36.5 Å². The van der Waals surface area contributed by atoms with Gasteiger partial charge in [0.25, 0.3) is 0 Å².